The minimum absolute atomic E-state index is 0.0262. The molecule has 2 N–H and O–H groups in total. The molecule has 0 aliphatic carbocycles. The predicted octanol–water partition coefficient (Wildman–Crippen LogP) is 1.01. The van der Waals surface area contributed by atoms with Crippen molar-refractivity contribution in [2.24, 2.45) is 7.05 Å². The summed E-state index contributed by atoms with van der Waals surface area (Å²) in [6, 6.07) is 9.96. The normalized spacial score (nSPS) is 14.3. The van der Waals surface area contributed by atoms with Crippen molar-refractivity contribution < 1.29 is 5.11 Å². The maximum atomic E-state index is 9.81. The van der Waals surface area contributed by atoms with Crippen molar-refractivity contribution in [3.05, 3.63) is 42.2 Å². The summed E-state index contributed by atoms with van der Waals surface area (Å²) in [7, 11) is 3.72. The van der Waals surface area contributed by atoms with Gasteiger partial charge >= 0.3 is 0 Å². The highest BCUT2D eigenvalue weighted by molar-refractivity contribution is 7.99. The van der Waals surface area contributed by atoms with Gasteiger partial charge in [0.15, 0.2) is 5.16 Å². The van der Waals surface area contributed by atoms with Crippen LogP contribution in [0.25, 0.3) is 0 Å². The highest BCUT2D eigenvalue weighted by Gasteiger charge is 2.30. The Morgan fingerprint density at radius 2 is 2.11 bits per heavy atom. The summed E-state index contributed by atoms with van der Waals surface area (Å²) in [6.07, 6.45) is 1.53. The summed E-state index contributed by atoms with van der Waals surface area (Å²) < 4.78 is 1.73. The van der Waals surface area contributed by atoms with Crippen molar-refractivity contribution >= 4 is 11.8 Å². The van der Waals surface area contributed by atoms with Crippen LogP contribution < -0.4 is 5.32 Å². The molecule has 0 bridgehead atoms. The van der Waals surface area contributed by atoms with Gasteiger partial charge in [0, 0.05) is 12.8 Å². The molecule has 0 aliphatic rings. The summed E-state index contributed by atoms with van der Waals surface area (Å²) in [5.74, 6) is 0.677. The molecular weight excluding hydrogens is 260 g/mol. The number of aliphatic hydroxyl groups is 1. The van der Waals surface area contributed by atoms with Crippen LogP contribution >= 0.6 is 11.8 Å². The van der Waals surface area contributed by atoms with Crippen molar-refractivity contribution in [2.75, 3.05) is 19.4 Å². The molecule has 5 nitrogen and oxygen atoms in total. The molecule has 1 heterocycles. The zero-order valence-corrected chi connectivity index (χ0v) is 11.9. The van der Waals surface area contributed by atoms with Crippen LogP contribution in [0, 0.1) is 0 Å². The minimum Gasteiger partial charge on any atom is -0.394 e. The lowest BCUT2D eigenvalue weighted by molar-refractivity contribution is 0.187. The lowest BCUT2D eigenvalue weighted by Gasteiger charge is -2.31. The van der Waals surface area contributed by atoms with Crippen molar-refractivity contribution in [1.29, 1.82) is 0 Å². The molecule has 0 saturated carbocycles. The van der Waals surface area contributed by atoms with E-state index in [1.54, 1.807) is 16.4 Å². The fraction of sp³-hybridized carbons (Fsp3) is 0.385. The van der Waals surface area contributed by atoms with E-state index in [-0.39, 0.29) is 6.61 Å². The van der Waals surface area contributed by atoms with Gasteiger partial charge in [0.1, 0.15) is 6.33 Å². The number of nitrogens with zero attached hydrogens (tertiary/aromatic N) is 3. The van der Waals surface area contributed by atoms with Gasteiger partial charge in [-0.25, -0.2) is 9.67 Å². The van der Waals surface area contributed by atoms with Gasteiger partial charge in [-0.15, -0.1) is 0 Å². The van der Waals surface area contributed by atoms with E-state index in [2.05, 4.69) is 15.4 Å². The van der Waals surface area contributed by atoms with E-state index in [9.17, 15) is 5.11 Å². The van der Waals surface area contributed by atoms with Crippen LogP contribution in [0.15, 0.2) is 41.8 Å². The van der Waals surface area contributed by atoms with Crippen LogP contribution in [-0.2, 0) is 12.6 Å². The molecule has 2 rings (SSSR count). The van der Waals surface area contributed by atoms with Crippen molar-refractivity contribution in [3.8, 4) is 0 Å². The first kappa shape index (κ1) is 14.0. The van der Waals surface area contributed by atoms with Crippen LogP contribution in [0.2, 0.25) is 0 Å². The van der Waals surface area contributed by atoms with E-state index < -0.39 is 5.54 Å². The predicted molar refractivity (Wildman–Crippen MR) is 76.0 cm³/mol. The number of hydrogen-bond acceptors (Lipinski definition) is 5. The van der Waals surface area contributed by atoms with Gasteiger partial charge in [0.25, 0.3) is 0 Å². The molecule has 0 amide bonds. The highest BCUT2D eigenvalue weighted by atomic mass is 32.2. The Morgan fingerprint density at radius 1 is 1.37 bits per heavy atom. The van der Waals surface area contributed by atoms with E-state index in [0.29, 0.717) is 5.75 Å². The Hall–Kier alpha value is -1.37. The van der Waals surface area contributed by atoms with Crippen LogP contribution in [0.4, 0.5) is 0 Å². The Labute approximate surface area is 117 Å². The molecule has 2 aromatic rings. The first-order valence-electron chi connectivity index (χ1n) is 6.04. The first-order chi connectivity index (χ1) is 9.22. The number of aliphatic hydroxyl groups excluding tert-OH is 1. The first-order valence-corrected chi connectivity index (χ1v) is 7.02. The van der Waals surface area contributed by atoms with Gasteiger partial charge in [-0.1, -0.05) is 42.1 Å². The molecule has 102 valence electrons. The molecule has 1 unspecified atom stereocenters. The van der Waals surface area contributed by atoms with Crippen LogP contribution in [0.5, 0.6) is 0 Å². The number of aromatic nitrogens is 3. The van der Waals surface area contributed by atoms with Gasteiger partial charge in [0.2, 0.25) is 0 Å². The number of nitrogens with one attached hydrogen (secondary N) is 1. The number of thioether (sulfide) groups is 1. The van der Waals surface area contributed by atoms with Crippen molar-refractivity contribution in [2.45, 2.75) is 10.7 Å². The Balaban J connectivity index is 2.18. The number of hydrogen-bond donors (Lipinski definition) is 2. The van der Waals surface area contributed by atoms with Crippen molar-refractivity contribution in [1.82, 2.24) is 20.1 Å². The molecule has 0 fully saturated rings. The average Bonchev–Trinajstić information content (AvgIpc) is 2.87. The van der Waals surface area contributed by atoms with Gasteiger partial charge in [-0.3, -0.25) is 0 Å². The van der Waals surface area contributed by atoms with E-state index >= 15 is 0 Å². The second-order valence-corrected chi connectivity index (χ2v) is 5.25. The zero-order chi connectivity index (χ0) is 13.7. The van der Waals surface area contributed by atoms with Crippen molar-refractivity contribution in [3.63, 3.8) is 0 Å². The van der Waals surface area contributed by atoms with Gasteiger partial charge < -0.3 is 10.4 Å². The maximum Gasteiger partial charge on any atom is 0.185 e. The molecule has 0 saturated heterocycles. The summed E-state index contributed by atoms with van der Waals surface area (Å²) in [4.78, 5) is 4.19. The Morgan fingerprint density at radius 3 is 2.63 bits per heavy atom. The number of benzene rings is 1. The quantitative estimate of drug-likeness (QED) is 0.772. The molecule has 0 radical (unpaired) electrons. The summed E-state index contributed by atoms with van der Waals surface area (Å²) in [5.41, 5.74) is 0.590. The third kappa shape index (κ3) is 2.97. The summed E-state index contributed by atoms with van der Waals surface area (Å²) >= 11 is 1.57. The fourth-order valence-corrected chi connectivity index (χ4v) is 3.01. The third-order valence-electron chi connectivity index (χ3n) is 3.19. The van der Waals surface area contributed by atoms with Crippen LogP contribution in [0.3, 0.4) is 0 Å². The van der Waals surface area contributed by atoms with Gasteiger partial charge in [-0.2, -0.15) is 5.10 Å². The standard InChI is InChI=1S/C13H18N4OS/c1-14-13(8-18,11-6-4-3-5-7-11)9-19-12-15-10-16-17(12)2/h3-7,10,14,18H,8-9H2,1-2H3. The highest BCUT2D eigenvalue weighted by Crippen LogP contribution is 2.28. The molecular formula is C13H18N4OS. The van der Waals surface area contributed by atoms with Gasteiger partial charge in [-0.05, 0) is 12.6 Å². The smallest absolute Gasteiger partial charge is 0.185 e. The topological polar surface area (TPSA) is 63.0 Å². The monoisotopic (exact) mass is 278 g/mol. The minimum atomic E-state index is -0.474. The summed E-state index contributed by atoms with van der Waals surface area (Å²) in [5, 5.41) is 17.9. The zero-order valence-electron chi connectivity index (χ0n) is 11.1. The average molecular weight is 278 g/mol. The largest absolute Gasteiger partial charge is 0.394 e. The molecule has 1 aromatic heterocycles. The lowest BCUT2D eigenvalue weighted by Crippen LogP contribution is -2.46. The maximum absolute atomic E-state index is 9.81. The van der Waals surface area contributed by atoms with Crippen LogP contribution in [0.1, 0.15) is 5.56 Å². The molecule has 0 spiro atoms. The Kier molecular flexibility index (Phi) is 4.57. The molecule has 0 aliphatic heterocycles. The molecule has 19 heavy (non-hydrogen) atoms. The molecule has 1 atom stereocenters. The van der Waals surface area contributed by atoms with E-state index in [0.717, 1.165) is 10.7 Å². The van der Waals surface area contributed by atoms with E-state index in [4.69, 9.17) is 0 Å². The van der Waals surface area contributed by atoms with E-state index in [1.807, 2.05) is 44.4 Å². The molecule has 1 aromatic carbocycles. The Bertz CT molecular complexity index is 510. The van der Waals surface area contributed by atoms with E-state index in [1.165, 1.54) is 6.33 Å². The second kappa shape index (κ2) is 6.18. The number of likely N-dealkylation sites (N-methyl/N-ethyl adjacent to an activating group) is 1. The third-order valence-corrected chi connectivity index (χ3v) is 4.46. The number of rotatable bonds is 6. The van der Waals surface area contributed by atoms with Crippen LogP contribution in [-0.4, -0.2) is 39.3 Å². The van der Waals surface area contributed by atoms with Gasteiger partial charge in [0.05, 0.1) is 12.1 Å². The number of aryl methyl sites for hydroxylation is 1. The SMILES string of the molecule is CNC(CO)(CSc1ncnn1C)c1ccccc1. The second-order valence-electron chi connectivity index (χ2n) is 4.31. The lowest BCUT2D eigenvalue weighted by atomic mass is 9.93. The summed E-state index contributed by atoms with van der Waals surface area (Å²) in [6.45, 7) is 0.0262. The molecule has 6 heteroatoms. The fourth-order valence-electron chi connectivity index (χ4n) is 1.88.